The Morgan fingerprint density at radius 1 is 1.47 bits per heavy atom. The number of aliphatic hydroxyl groups excluding tert-OH is 1. The predicted molar refractivity (Wildman–Crippen MR) is 67.0 cm³/mol. The Morgan fingerprint density at radius 3 is 2.59 bits per heavy atom. The summed E-state index contributed by atoms with van der Waals surface area (Å²) in [5, 5.41) is 9.87. The first kappa shape index (κ1) is 14.0. The van der Waals surface area contributed by atoms with Crippen molar-refractivity contribution in [3.05, 3.63) is 27.7 Å². The Kier molecular flexibility index (Phi) is 4.96. The van der Waals surface area contributed by atoms with Gasteiger partial charge in [-0.15, -0.1) is 0 Å². The van der Waals surface area contributed by atoms with Gasteiger partial charge in [0.05, 0.1) is 18.7 Å². The van der Waals surface area contributed by atoms with Crippen molar-refractivity contribution in [2.45, 2.75) is 19.4 Å². The van der Waals surface area contributed by atoms with Gasteiger partial charge >= 0.3 is 5.97 Å². The van der Waals surface area contributed by atoms with Crippen molar-refractivity contribution in [3.63, 3.8) is 0 Å². The highest BCUT2D eigenvalue weighted by Gasteiger charge is 2.23. The van der Waals surface area contributed by atoms with Crippen LogP contribution in [0.4, 0.5) is 0 Å². The fraction of sp³-hybridized carbons (Fsp3) is 0.417. The number of methoxy groups -OCH3 is 2. The van der Waals surface area contributed by atoms with E-state index in [2.05, 4.69) is 20.7 Å². The molecule has 0 fully saturated rings. The Morgan fingerprint density at radius 2 is 2.12 bits per heavy atom. The van der Waals surface area contributed by atoms with E-state index in [1.165, 1.54) is 14.2 Å². The highest BCUT2D eigenvalue weighted by Crippen LogP contribution is 2.35. The number of esters is 1. The number of aryl methyl sites for hydroxylation is 1. The van der Waals surface area contributed by atoms with Gasteiger partial charge in [-0.05, 0) is 40.0 Å². The van der Waals surface area contributed by atoms with Crippen molar-refractivity contribution >= 4 is 21.9 Å². The molecule has 0 radical (unpaired) electrons. The van der Waals surface area contributed by atoms with Gasteiger partial charge in [-0.1, -0.05) is 6.92 Å². The lowest BCUT2D eigenvalue weighted by atomic mass is 10.0. The summed E-state index contributed by atoms with van der Waals surface area (Å²) in [4.78, 5) is 11.3. The predicted octanol–water partition coefficient (Wildman–Crippen LogP) is 2.23. The molecule has 4 nitrogen and oxygen atoms in total. The van der Waals surface area contributed by atoms with Crippen molar-refractivity contribution in [1.82, 2.24) is 0 Å². The van der Waals surface area contributed by atoms with E-state index in [0.29, 0.717) is 15.8 Å². The topological polar surface area (TPSA) is 55.8 Å². The van der Waals surface area contributed by atoms with E-state index in [-0.39, 0.29) is 0 Å². The maximum Gasteiger partial charge on any atom is 0.339 e. The van der Waals surface area contributed by atoms with Crippen LogP contribution in [0.1, 0.15) is 24.2 Å². The van der Waals surface area contributed by atoms with E-state index < -0.39 is 12.1 Å². The van der Waals surface area contributed by atoms with Crippen molar-refractivity contribution in [3.8, 4) is 5.75 Å². The molecule has 0 aliphatic carbocycles. The largest absolute Gasteiger partial charge is 0.495 e. The maximum absolute atomic E-state index is 11.3. The third-order valence-corrected chi connectivity index (χ3v) is 3.05. The monoisotopic (exact) mass is 302 g/mol. The maximum atomic E-state index is 11.3. The van der Waals surface area contributed by atoms with Crippen molar-refractivity contribution in [1.29, 1.82) is 0 Å². The van der Waals surface area contributed by atoms with Gasteiger partial charge < -0.3 is 14.6 Å². The minimum absolute atomic E-state index is 0.408. The first-order valence-corrected chi connectivity index (χ1v) is 5.96. The second-order valence-electron chi connectivity index (χ2n) is 3.48. The van der Waals surface area contributed by atoms with Crippen LogP contribution in [0.3, 0.4) is 0 Å². The summed E-state index contributed by atoms with van der Waals surface area (Å²) in [5.41, 5.74) is 1.40. The molecule has 1 atom stereocenters. The van der Waals surface area contributed by atoms with Gasteiger partial charge in [-0.25, -0.2) is 4.79 Å². The molecule has 5 heteroatoms. The van der Waals surface area contributed by atoms with Crippen LogP contribution in [0.5, 0.6) is 5.75 Å². The van der Waals surface area contributed by atoms with Crippen molar-refractivity contribution in [2.75, 3.05) is 14.2 Å². The third-order valence-electron chi connectivity index (χ3n) is 2.46. The summed E-state index contributed by atoms with van der Waals surface area (Å²) in [6, 6.07) is 3.64. The number of aliphatic hydroxyl groups is 1. The van der Waals surface area contributed by atoms with Gasteiger partial charge in [-0.2, -0.15) is 0 Å². The van der Waals surface area contributed by atoms with Crippen LogP contribution < -0.4 is 4.74 Å². The van der Waals surface area contributed by atoms with E-state index in [4.69, 9.17) is 4.74 Å². The molecule has 0 saturated carbocycles. The standard InChI is InChI=1S/C12H15BrO4/c1-4-7-5-8(10(14)12(15)17-3)11(16-2)9(13)6-7/h5-6,10,14H,4H2,1-3H3. The van der Waals surface area contributed by atoms with Gasteiger partial charge in [0, 0.05) is 5.56 Å². The average Bonchev–Trinajstić information content (AvgIpc) is 2.35. The molecule has 0 bridgehead atoms. The SMILES string of the molecule is CCc1cc(Br)c(OC)c(C(O)C(=O)OC)c1. The van der Waals surface area contributed by atoms with E-state index in [0.717, 1.165) is 12.0 Å². The van der Waals surface area contributed by atoms with E-state index in [1.54, 1.807) is 6.07 Å². The normalized spacial score (nSPS) is 12.1. The molecule has 17 heavy (non-hydrogen) atoms. The minimum Gasteiger partial charge on any atom is -0.495 e. The highest BCUT2D eigenvalue weighted by molar-refractivity contribution is 9.10. The molecule has 0 amide bonds. The third kappa shape index (κ3) is 2.98. The van der Waals surface area contributed by atoms with E-state index in [9.17, 15) is 9.90 Å². The molecule has 0 aliphatic heterocycles. The number of benzene rings is 1. The molecule has 1 rings (SSSR count). The smallest absolute Gasteiger partial charge is 0.339 e. The average molecular weight is 303 g/mol. The molecule has 0 aromatic heterocycles. The summed E-state index contributed by atoms with van der Waals surface area (Å²) in [7, 11) is 2.72. The van der Waals surface area contributed by atoms with Gasteiger partial charge in [-0.3, -0.25) is 0 Å². The first-order valence-electron chi connectivity index (χ1n) is 5.17. The number of rotatable bonds is 4. The number of halogens is 1. The Bertz CT molecular complexity index is 417. The Balaban J connectivity index is 3.28. The summed E-state index contributed by atoms with van der Waals surface area (Å²) in [6.07, 6.45) is -0.540. The summed E-state index contributed by atoms with van der Waals surface area (Å²) < 4.78 is 10.4. The Hall–Kier alpha value is -1.07. The second kappa shape index (κ2) is 6.02. The minimum atomic E-state index is -1.34. The molecule has 0 spiro atoms. The van der Waals surface area contributed by atoms with E-state index >= 15 is 0 Å². The lowest BCUT2D eigenvalue weighted by Crippen LogP contribution is -2.15. The van der Waals surface area contributed by atoms with Gasteiger partial charge in [0.15, 0.2) is 6.10 Å². The molecule has 0 aliphatic rings. The second-order valence-corrected chi connectivity index (χ2v) is 4.33. The number of ether oxygens (including phenoxy) is 2. The molecular weight excluding hydrogens is 288 g/mol. The zero-order chi connectivity index (χ0) is 13.0. The summed E-state index contributed by atoms with van der Waals surface area (Å²) in [6.45, 7) is 1.99. The first-order chi connectivity index (χ1) is 8.04. The number of carbonyl (C=O) groups is 1. The number of hydrogen-bond acceptors (Lipinski definition) is 4. The van der Waals surface area contributed by atoms with Gasteiger partial charge in [0.25, 0.3) is 0 Å². The van der Waals surface area contributed by atoms with Crippen LogP contribution in [-0.4, -0.2) is 25.3 Å². The summed E-state index contributed by atoms with van der Waals surface area (Å²) in [5.74, 6) is -0.261. The quantitative estimate of drug-likeness (QED) is 0.867. The van der Waals surface area contributed by atoms with Crippen LogP contribution in [0, 0.1) is 0 Å². The lowest BCUT2D eigenvalue weighted by molar-refractivity contribution is -0.150. The fourth-order valence-electron chi connectivity index (χ4n) is 1.53. The zero-order valence-corrected chi connectivity index (χ0v) is 11.6. The van der Waals surface area contributed by atoms with Crippen molar-refractivity contribution < 1.29 is 19.4 Å². The van der Waals surface area contributed by atoms with Gasteiger partial charge in [0.1, 0.15) is 5.75 Å². The highest BCUT2D eigenvalue weighted by atomic mass is 79.9. The van der Waals surface area contributed by atoms with Crippen LogP contribution in [0.25, 0.3) is 0 Å². The number of carbonyl (C=O) groups excluding carboxylic acids is 1. The molecule has 1 aromatic carbocycles. The molecule has 94 valence electrons. The van der Waals surface area contributed by atoms with Crippen LogP contribution in [-0.2, 0) is 16.0 Å². The van der Waals surface area contributed by atoms with E-state index in [1.807, 2.05) is 13.0 Å². The Labute approximate surface area is 109 Å². The number of hydrogen-bond donors (Lipinski definition) is 1. The van der Waals surface area contributed by atoms with Crippen molar-refractivity contribution in [2.24, 2.45) is 0 Å². The molecule has 1 aromatic rings. The lowest BCUT2D eigenvalue weighted by Gasteiger charge is -2.15. The van der Waals surface area contributed by atoms with Gasteiger partial charge in [0.2, 0.25) is 0 Å². The molecular formula is C12H15BrO4. The fourth-order valence-corrected chi connectivity index (χ4v) is 2.22. The molecule has 1 unspecified atom stereocenters. The molecule has 0 saturated heterocycles. The van der Waals surface area contributed by atoms with Crippen LogP contribution in [0.2, 0.25) is 0 Å². The summed E-state index contributed by atoms with van der Waals surface area (Å²) >= 11 is 3.35. The molecule has 0 heterocycles. The zero-order valence-electron chi connectivity index (χ0n) is 9.99. The van der Waals surface area contributed by atoms with Crippen LogP contribution >= 0.6 is 15.9 Å². The molecule has 1 N–H and O–H groups in total. The van der Waals surface area contributed by atoms with Crippen LogP contribution in [0.15, 0.2) is 16.6 Å².